The monoisotopic (exact) mass is 220 g/mol. The molecule has 1 amide bonds. The molecular formula is C13H20N2O. The molecule has 2 N–H and O–H groups in total. The van der Waals surface area contributed by atoms with Gasteiger partial charge in [-0.05, 0) is 26.3 Å². The second-order valence-electron chi connectivity index (χ2n) is 4.53. The van der Waals surface area contributed by atoms with Gasteiger partial charge >= 0.3 is 0 Å². The number of rotatable bonds is 4. The summed E-state index contributed by atoms with van der Waals surface area (Å²) in [7, 11) is 0. The standard InChI is InChI=1S/C13H20N2O/c1-4-15(12(16)13(2,3)14)10-11-8-6-5-7-9-11/h5-9H,4,10,14H2,1-3H3. The van der Waals surface area contributed by atoms with E-state index in [-0.39, 0.29) is 5.91 Å². The molecule has 0 bridgehead atoms. The summed E-state index contributed by atoms with van der Waals surface area (Å²) in [6.07, 6.45) is 0. The van der Waals surface area contributed by atoms with Crippen LogP contribution < -0.4 is 5.73 Å². The Hall–Kier alpha value is -1.35. The first-order chi connectivity index (χ1) is 7.45. The zero-order valence-electron chi connectivity index (χ0n) is 10.2. The molecule has 0 aliphatic rings. The molecule has 1 rings (SSSR count). The maximum Gasteiger partial charge on any atom is 0.242 e. The normalized spacial score (nSPS) is 11.2. The van der Waals surface area contributed by atoms with Crippen molar-refractivity contribution in [3.63, 3.8) is 0 Å². The maximum atomic E-state index is 12.0. The highest BCUT2D eigenvalue weighted by molar-refractivity contribution is 5.85. The highest BCUT2D eigenvalue weighted by atomic mass is 16.2. The van der Waals surface area contributed by atoms with Gasteiger partial charge in [0.2, 0.25) is 5.91 Å². The Morgan fingerprint density at radius 3 is 2.31 bits per heavy atom. The fraction of sp³-hybridized carbons (Fsp3) is 0.462. The number of nitrogens with zero attached hydrogens (tertiary/aromatic N) is 1. The first kappa shape index (κ1) is 12.7. The molecule has 0 radical (unpaired) electrons. The Labute approximate surface area is 97.2 Å². The summed E-state index contributed by atoms with van der Waals surface area (Å²) in [5, 5.41) is 0. The summed E-state index contributed by atoms with van der Waals surface area (Å²) >= 11 is 0. The minimum absolute atomic E-state index is 0.0150. The molecule has 0 aromatic heterocycles. The predicted octanol–water partition coefficient (Wildman–Crippen LogP) is 1.77. The van der Waals surface area contributed by atoms with Gasteiger partial charge in [-0.15, -0.1) is 0 Å². The van der Waals surface area contributed by atoms with Crippen LogP contribution in [0.15, 0.2) is 30.3 Å². The molecule has 88 valence electrons. The van der Waals surface area contributed by atoms with Gasteiger partial charge in [-0.25, -0.2) is 0 Å². The smallest absolute Gasteiger partial charge is 0.242 e. The minimum atomic E-state index is -0.801. The molecule has 3 heteroatoms. The first-order valence-electron chi connectivity index (χ1n) is 5.57. The average molecular weight is 220 g/mol. The average Bonchev–Trinajstić information content (AvgIpc) is 2.25. The summed E-state index contributed by atoms with van der Waals surface area (Å²) in [6, 6.07) is 9.94. The molecule has 0 unspecified atom stereocenters. The van der Waals surface area contributed by atoms with E-state index in [1.165, 1.54) is 0 Å². The van der Waals surface area contributed by atoms with Crippen LogP contribution in [0.1, 0.15) is 26.3 Å². The Bertz CT molecular complexity index is 341. The largest absolute Gasteiger partial charge is 0.337 e. The van der Waals surface area contributed by atoms with Crippen molar-refractivity contribution in [2.45, 2.75) is 32.9 Å². The lowest BCUT2D eigenvalue weighted by Crippen LogP contribution is -2.50. The molecule has 1 aromatic rings. The summed E-state index contributed by atoms with van der Waals surface area (Å²) in [5.41, 5.74) is 6.14. The molecule has 0 saturated heterocycles. The van der Waals surface area contributed by atoms with Gasteiger partial charge in [0, 0.05) is 13.1 Å². The molecule has 0 saturated carbocycles. The quantitative estimate of drug-likeness (QED) is 0.840. The summed E-state index contributed by atoms with van der Waals surface area (Å²) in [5.74, 6) is -0.0150. The van der Waals surface area contributed by atoms with E-state index < -0.39 is 5.54 Å². The molecule has 0 atom stereocenters. The van der Waals surface area contributed by atoms with Crippen molar-refractivity contribution in [2.24, 2.45) is 5.73 Å². The van der Waals surface area contributed by atoms with E-state index in [0.717, 1.165) is 5.56 Å². The van der Waals surface area contributed by atoms with E-state index in [1.807, 2.05) is 37.3 Å². The molecule has 3 nitrogen and oxygen atoms in total. The topological polar surface area (TPSA) is 46.3 Å². The zero-order valence-corrected chi connectivity index (χ0v) is 10.2. The van der Waals surface area contributed by atoms with Gasteiger partial charge in [0.05, 0.1) is 5.54 Å². The Kier molecular flexibility index (Phi) is 4.07. The number of benzene rings is 1. The fourth-order valence-electron chi connectivity index (χ4n) is 1.54. The van der Waals surface area contributed by atoms with Gasteiger partial charge in [0.25, 0.3) is 0 Å². The van der Waals surface area contributed by atoms with Crippen LogP contribution in [0.2, 0.25) is 0 Å². The zero-order chi connectivity index (χ0) is 12.2. The molecular weight excluding hydrogens is 200 g/mol. The van der Waals surface area contributed by atoms with Crippen molar-refractivity contribution in [1.29, 1.82) is 0 Å². The van der Waals surface area contributed by atoms with Gasteiger partial charge < -0.3 is 10.6 Å². The Morgan fingerprint density at radius 1 is 1.31 bits per heavy atom. The van der Waals surface area contributed by atoms with Crippen molar-refractivity contribution in [1.82, 2.24) is 4.90 Å². The first-order valence-corrected chi connectivity index (χ1v) is 5.57. The van der Waals surface area contributed by atoms with Gasteiger partial charge in [0.15, 0.2) is 0 Å². The van der Waals surface area contributed by atoms with Crippen LogP contribution in [0.4, 0.5) is 0 Å². The summed E-state index contributed by atoms with van der Waals surface area (Å²) < 4.78 is 0. The van der Waals surface area contributed by atoms with Crippen LogP contribution >= 0.6 is 0 Å². The van der Waals surface area contributed by atoms with Crippen LogP contribution in [-0.2, 0) is 11.3 Å². The molecule has 1 aromatic carbocycles. The van der Waals surface area contributed by atoms with Crippen LogP contribution in [0, 0.1) is 0 Å². The van der Waals surface area contributed by atoms with E-state index >= 15 is 0 Å². The van der Waals surface area contributed by atoms with E-state index in [9.17, 15) is 4.79 Å². The van der Waals surface area contributed by atoms with Crippen molar-refractivity contribution in [3.05, 3.63) is 35.9 Å². The third kappa shape index (κ3) is 3.35. The van der Waals surface area contributed by atoms with Gasteiger partial charge in [0.1, 0.15) is 0 Å². The van der Waals surface area contributed by atoms with Crippen molar-refractivity contribution in [3.8, 4) is 0 Å². The number of carbonyl (C=O) groups excluding carboxylic acids is 1. The van der Waals surface area contributed by atoms with Gasteiger partial charge in [-0.3, -0.25) is 4.79 Å². The van der Waals surface area contributed by atoms with Crippen molar-refractivity contribution >= 4 is 5.91 Å². The highest BCUT2D eigenvalue weighted by Gasteiger charge is 2.26. The summed E-state index contributed by atoms with van der Waals surface area (Å²) in [4.78, 5) is 13.8. The van der Waals surface area contributed by atoms with Gasteiger partial charge in [-0.1, -0.05) is 30.3 Å². The number of nitrogens with two attached hydrogens (primary N) is 1. The SMILES string of the molecule is CCN(Cc1ccccc1)C(=O)C(C)(C)N. The van der Waals surface area contributed by atoms with Crippen LogP contribution in [0.5, 0.6) is 0 Å². The van der Waals surface area contributed by atoms with Crippen LogP contribution in [0.25, 0.3) is 0 Å². The third-order valence-electron chi connectivity index (χ3n) is 2.44. The number of hydrogen-bond acceptors (Lipinski definition) is 2. The highest BCUT2D eigenvalue weighted by Crippen LogP contribution is 2.09. The number of amides is 1. The lowest BCUT2D eigenvalue weighted by atomic mass is 10.0. The van der Waals surface area contributed by atoms with Crippen molar-refractivity contribution < 1.29 is 4.79 Å². The van der Waals surface area contributed by atoms with Crippen LogP contribution in [-0.4, -0.2) is 22.9 Å². The van der Waals surface area contributed by atoms with Crippen LogP contribution in [0.3, 0.4) is 0 Å². The molecule has 0 spiro atoms. The molecule has 0 heterocycles. The number of carbonyl (C=O) groups is 1. The Morgan fingerprint density at radius 2 is 1.88 bits per heavy atom. The molecule has 0 fully saturated rings. The van der Waals surface area contributed by atoms with E-state index in [4.69, 9.17) is 5.73 Å². The Balaban J connectivity index is 2.74. The molecule has 0 aliphatic heterocycles. The third-order valence-corrected chi connectivity index (χ3v) is 2.44. The molecule has 16 heavy (non-hydrogen) atoms. The summed E-state index contributed by atoms with van der Waals surface area (Å²) in [6.45, 7) is 6.74. The maximum absolute atomic E-state index is 12.0. The molecule has 0 aliphatic carbocycles. The number of likely N-dealkylation sites (N-methyl/N-ethyl adjacent to an activating group) is 1. The van der Waals surface area contributed by atoms with Gasteiger partial charge in [-0.2, -0.15) is 0 Å². The second-order valence-corrected chi connectivity index (χ2v) is 4.53. The van der Waals surface area contributed by atoms with E-state index in [2.05, 4.69) is 0 Å². The lowest BCUT2D eigenvalue weighted by molar-refractivity contribution is -0.136. The number of hydrogen-bond donors (Lipinski definition) is 1. The second kappa shape index (κ2) is 5.12. The van der Waals surface area contributed by atoms with E-state index in [0.29, 0.717) is 13.1 Å². The van der Waals surface area contributed by atoms with E-state index in [1.54, 1.807) is 18.7 Å². The van der Waals surface area contributed by atoms with Crippen molar-refractivity contribution in [2.75, 3.05) is 6.54 Å². The lowest BCUT2D eigenvalue weighted by Gasteiger charge is -2.28. The predicted molar refractivity (Wildman–Crippen MR) is 65.8 cm³/mol. The minimum Gasteiger partial charge on any atom is -0.337 e. The fourth-order valence-corrected chi connectivity index (χ4v) is 1.54.